The van der Waals surface area contributed by atoms with Gasteiger partial charge in [-0.25, -0.2) is 0 Å². The van der Waals surface area contributed by atoms with Crippen LogP contribution in [0.4, 0.5) is 0 Å². The second kappa shape index (κ2) is 9.15. The van der Waals surface area contributed by atoms with E-state index in [1.165, 1.54) is 16.0 Å². The smallest absolute Gasteiger partial charge is 0.232 e. The Hall–Kier alpha value is -2.91. The monoisotopic (exact) mass is 359 g/mol. The minimum atomic E-state index is -0.306. The Bertz CT molecular complexity index is 820. The standard InChI is InChI=1S/C24H26N2O/c1-26(2)18-22-16-10-9-15-21(22)17-25-24(27)23(19-11-5-3-6-12-19)20-13-7-4-8-14-20/h3-16,23H,17-18H2,1-2H3,(H,25,27)/p+1. The fraction of sp³-hybridized carbons (Fsp3) is 0.208. The molecule has 138 valence electrons. The first-order chi connectivity index (χ1) is 13.1. The summed E-state index contributed by atoms with van der Waals surface area (Å²) in [5.74, 6) is -0.279. The summed E-state index contributed by atoms with van der Waals surface area (Å²) in [6, 6.07) is 28.2. The van der Waals surface area contributed by atoms with Crippen LogP contribution in [0.25, 0.3) is 0 Å². The molecule has 0 saturated heterocycles. The highest BCUT2D eigenvalue weighted by molar-refractivity contribution is 5.87. The quantitative estimate of drug-likeness (QED) is 0.668. The van der Waals surface area contributed by atoms with E-state index in [4.69, 9.17) is 0 Å². The number of amides is 1. The van der Waals surface area contributed by atoms with Gasteiger partial charge in [-0.15, -0.1) is 0 Å². The van der Waals surface area contributed by atoms with Gasteiger partial charge in [0.1, 0.15) is 6.54 Å². The molecule has 0 heterocycles. The highest BCUT2D eigenvalue weighted by Crippen LogP contribution is 2.25. The van der Waals surface area contributed by atoms with Crippen molar-refractivity contribution in [1.29, 1.82) is 0 Å². The summed E-state index contributed by atoms with van der Waals surface area (Å²) in [6.07, 6.45) is 0. The molecule has 3 nitrogen and oxygen atoms in total. The molecule has 0 aliphatic heterocycles. The minimum Gasteiger partial charge on any atom is -0.351 e. The van der Waals surface area contributed by atoms with Gasteiger partial charge in [0.2, 0.25) is 5.91 Å². The molecule has 0 aliphatic carbocycles. The molecule has 27 heavy (non-hydrogen) atoms. The van der Waals surface area contributed by atoms with Gasteiger partial charge in [-0.2, -0.15) is 0 Å². The lowest BCUT2D eigenvalue weighted by molar-refractivity contribution is -0.872. The van der Waals surface area contributed by atoms with Gasteiger partial charge >= 0.3 is 0 Å². The Kier molecular flexibility index (Phi) is 6.39. The normalized spacial score (nSPS) is 11.0. The summed E-state index contributed by atoms with van der Waals surface area (Å²) in [4.78, 5) is 14.5. The molecule has 0 saturated carbocycles. The minimum absolute atomic E-state index is 0.0272. The molecule has 0 aliphatic rings. The number of rotatable bonds is 7. The fourth-order valence-corrected chi connectivity index (χ4v) is 3.35. The first-order valence-electron chi connectivity index (χ1n) is 9.38. The average Bonchev–Trinajstić information content (AvgIpc) is 2.69. The zero-order valence-corrected chi connectivity index (χ0v) is 16.0. The van der Waals surface area contributed by atoms with Crippen LogP contribution in [0.2, 0.25) is 0 Å². The summed E-state index contributed by atoms with van der Waals surface area (Å²) in [5, 5.41) is 3.16. The van der Waals surface area contributed by atoms with Crippen molar-refractivity contribution in [2.75, 3.05) is 14.1 Å². The third-order valence-corrected chi connectivity index (χ3v) is 4.64. The number of benzene rings is 3. The predicted octanol–water partition coefficient (Wildman–Crippen LogP) is 2.78. The largest absolute Gasteiger partial charge is 0.351 e. The number of hydrogen-bond donors (Lipinski definition) is 2. The predicted molar refractivity (Wildman–Crippen MR) is 110 cm³/mol. The van der Waals surface area contributed by atoms with E-state index in [1.54, 1.807) is 0 Å². The maximum Gasteiger partial charge on any atom is 0.232 e. The van der Waals surface area contributed by atoms with Gasteiger partial charge in [0, 0.05) is 12.1 Å². The van der Waals surface area contributed by atoms with Crippen molar-refractivity contribution >= 4 is 5.91 Å². The van der Waals surface area contributed by atoms with E-state index in [9.17, 15) is 4.79 Å². The lowest BCUT2D eigenvalue weighted by atomic mass is 9.90. The molecular weight excluding hydrogens is 332 g/mol. The van der Waals surface area contributed by atoms with Crippen LogP contribution >= 0.6 is 0 Å². The molecule has 0 unspecified atom stereocenters. The highest BCUT2D eigenvalue weighted by atomic mass is 16.1. The molecular formula is C24H27N2O+. The van der Waals surface area contributed by atoms with E-state index in [0.29, 0.717) is 6.54 Å². The fourth-order valence-electron chi connectivity index (χ4n) is 3.35. The van der Waals surface area contributed by atoms with E-state index in [2.05, 4.69) is 37.6 Å². The number of hydrogen-bond acceptors (Lipinski definition) is 1. The van der Waals surface area contributed by atoms with Crippen molar-refractivity contribution in [1.82, 2.24) is 5.32 Å². The Balaban J connectivity index is 1.80. The zero-order chi connectivity index (χ0) is 19.1. The van der Waals surface area contributed by atoms with Crippen LogP contribution < -0.4 is 10.2 Å². The lowest BCUT2D eigenvalue weighted by Gasteiger charge is -2.19. The Morgan fingerprint density at radius 2 is 1.26 bits per heavy atom. The molecule has 2 N–H and O–H groups in total. The van der Waals surface area contributed by atoms with Gasteiger partial charge < -0.3 is 10.2 Å². The molecule has 0 spiro atoms. The van der Waals surface area contributed by atoms with Crippen LogP contribution in [-0.2, 0) is 17.9 Å². The first kappa shape index (κ1) is 18.9. The third kappa shape index (κ3) is 5.05. The second-order valence-corrected chi connectivity index (χ2v) is 7.12. The maximum atomic E-state index is 13.1. The Morgan fingerprint density at radius 1 is 0.778 bits per heavy atom. The average molecular weight is 359 g/mol. The molecule has 1 amide bonds. The molecule has 0 aromatic heterocycles. The Morgan fingerprint density at radius 3 is 1.78 bits per heavy atom. The van der Waals surface area contributed by atoms with E-state index in [0.717, 1.165) is 17.7 Å². The highest BCUT2D eigenvalue weighted by Gasteiger charge is 2.22. The van der Waals surface area contributed by atoms with Crippen LogP contribution in [0.5, 0.6) is 0 Å². The van der Waals surface area contributed by atoms with E-state index in [-0.39, 0.29) is 11.8 Å². The number of carbonyl (C=O) groups is 1. The van der Waals surface area contributed by atoms with Crippen molar-refractivity contribution in [2.24, 2.45) is 0 Å². The van der Waals surface area contributed by atoms with Gasteiger partial charge in [0.05, 0.1) is 20.0 Å². The molecule has 0 bridgehead atoms. The van der Waals surface area contributed by atoms with Gasteiger partial charge in [-0.05, 0) is 16.7 Å². The van der Waals surface area contributed by atoms with Crippen LogP contribution in [0, 0.1) is 0 Å². The molecule has 3 rings (SSSR count). The van der Waals surface area contributed by atoms with Crippen LogP contribution in [0.3, 0.4) is 0 Å². The number of carbonyl (C=O) groups excluding carboxylic acids is 1. The number of quaternary nitrogens is 1. The summed E-state index contributed by atoms with van der Waals surface area (Å²) in [5.41, 5.74) is 4.46. The molecule has 3 heteroatoms. The van der Waals surface area contributed by atoms with Crippen LogP contribution in [0.15, 0.2) is 84.9 Å². The molecule has 0 radical (unpaired) electrons. The van der Waals surface area contributed by atoms with Gasteiger partial charge in [0.25, 0.3) is 0 Å². The summed E-state index contributed by atoms with van der Waals surface area (Å²) >= 11 is 0. The zero-order valence-electron chi connectivity index (χ0n) is 16.0. The molecule has 0 fully saturated rings. The SMILES string of the molecule is C[NH+](C)Cc1ccccc1CNC(=O)C(c1ccccc1)c1ccccc1. The summed E-state index contributed by atoms with van der Waals surface area (Å²) in [7, 11) is 4.27. The Labute approximate surface area is 161 Å². The van der Waals surface area contributed by atoms with Crippen LogP contribution in [-0.4, -0.2) is 20.0 Å². The van der Waals surface area contributed by atoms with E-state index in [1.807, 2.05) is 66.7 Å². The lowest BCUT2D eigenvalue weighted by Crippen LogP contribution is -3.04. The van der Waals surface area contributed by atoms with Gasteiger partial charge in [-0.3, -0.25) is 4.79 Å². The van der Waals surface area contributed by atoms with E-state index < -0.39 is 0 Å². The van der Waals surface area contributed by atoms with Crippen molar-refractivity contribution < 1.29 is 9.69 Å². The third-order valence-electron chi connectivity index (χ3n) is 4.64. The number of nitrogens with one attached hydrogen (secondary N) is 2. The van der Waals surface area contributed by atoms with Gasteiger partial charge in [-0.1, -0.05) is 84.9 Å². The van der Waals surface area contributed by atoms with Crippen molar-refractivity contribution in [3.05, 3.63) is 107 Å². The van der Waals surface area contributed by atoms with Crippen LogP contribution in [0.1, 0.15) is 28.2 Å². The van der Waals surface area contributed by atoms with Crippen molar-refractivity contribution in [2.45, 2.75) is 19.0 Å². The van der Waals surface area contributed by atoms with Crippen molar-refractivity contribution in [3.63, 3.8) is 0 Å². The second-order valence-electron chi connectivity index (χ2n) is 7.12. The topological polar surface area (TPSA) is 33.5 Å². The van der Waals surface area contributed by atoms with Gasteiger partial charge in [0.15, 0.2) is 0 Å². The van der Waals surface area contributed by atoms with Crippen molar-refractivity contribution in [3.8, 4) is 0 Å². The summed E-state index contributed by atoms with van der Waals surface area (Å²) in [6.45, 7) is 1.48. The molecule has 3 aromatic carbocycles. The molecule has 0 atom stereocenters. The maximum absolute atomic E-state index is 13.1. The summed E-state index contributed by atoms with van der Waals surface area (Å²) < 4.78 is 0. The molecule has 3 aromatic rings. The first-order valence-corrected chi connectivity index (χ1v) is 9.38. The van der Waals surface area contributed by atoms with E-state index >= 15 is 0 Å².